The molecule has 1 aromatic heterocycles. The Morgan fingerprint density at radius 2 is 1.85 bits per heavy atom. The van der Waals surface area contributed by atoms with Gasteiger partial charge in [0.15, 0.2) is 0 Å². The van der Waals surface area contributed by atoms with E-state index in [1.807, 2.05) is 0 Å². The van der Waals surface area contributed by atoms with Gasteiger partial charge in [0.25, 0.3) is 0 Å². The number of benzene rings is 1. The van der Waals surface area contributed by atoms with E-state index in [0.717, 1.165) is 6.07 Å². The van der Waals surface area contributed by atoms with Crippen LogP contribution in [0.5, 0.6) is 11.6 Å². The van der Waals surface area contributed by atoms with Gasteiger partial charge in [0.2, 0.25) is 5.88 Å². The van der Waals surface area contributed by atoms with Crippen LogP contribution in [0.15, 0.2) is 42.6 Å². The minimum absolute atomic E-state index is 0.0826. The number of nitrogens with two attached hydrogens (primary N) is 1. The van der Waals surface area contributed by atoms with E-state index in [-0.39, 0.29) is 11.6 Å². The SMILES string of the molecule is C[C@H](N)c1cccnc1Oc1ccccc1C(F)(F)F. The van der Waals surface area contributed by atoms with Crippen molar-refractivity contribution in [2.45, 2.75) is 19.1 Å². The Labute approximate surface area is 114 Å². The highest BCUT2D eigenvalue weighted by Crippen LogP contribution is 2.38. The standard InChI is InChI=1S/C14H13F3N2O/c1-9(18)10-5-4-8-19-13(10)20-12-7-3-2-6-11(12)14(15,16)17/h2-9H,18H2,1H3/t9-/m0/s1. The molecular formula is C14H13F3N2O. The lowest BCUT2D eigenvalue weighted by molar-refractivity contribution is -0.138. The summed E-state index contributed by atoms with van der Waals surface area (Å²) in [6.45, 7) is 1.71. The molecule has 1 atom stereocenters. The van der Waals surface area contributed by atoms with Gasteiger partial charge in [-0.05, 0) is 25.1 Å². The molecule has 1 heterocycles. The first-order valence-corrected chi connectivity index (χ1v) is 5.94. The van der Waals surface area contributed by atoms with Crippen LogP contribution in [0.2, 0.25) is 0 Å². The Hall–Kier alpha value is -2.08. The summed E-state index contributed by atoms with van der Waals surface area (Å²) in [6, 6.07) is 7.92. The van der Waals surface area contributed by atoms with E-state index < -0.39 is 17.8 Å². The van der Waals surface area contributed by atoms with Crippen molar-refractivity contribution < 1.29 is 17.9 Å². The fraction of sp³-hybridized carbons (Fsp3) is 0.214. The van der Waals surface area contributed by atoms with E-state index in [4.69, 9.17) is 10.5 Å². The highest BCUT2D eigenvalue weighted by Gasteiger charge is 2.34. The third-order valence-corrected chi connectivity index (χ3v) is 2.69. The van der Waals surface area contributed by atoms with Crippen LogP contribution in [0, 0.1) is 0 Å². The van der Waals surface area contributed by atoms with Gasteiger partial charge in [-0.1, -0.05) is 18.2 Å². The molecule has 106 valence electrons. The first-order chi connectivity index (χ1) is 9.39. The highest BCUT2D eigenvalue weighted by atomic mass is 19.4. The van der Waals surface area contributed by atoms with Crippen LogP contribution in [-0.2, 0) is 6.18 Å². The normalized spacial score (nSPS) is 13.1. The Morgan fingerprint density at radius 3 is 2.50 bits per heavy atom. The third-order valence-electron chi connectivity index (χ3n) is 2.69. The lowest BCUT2D eigenvalue weighted by Gasteiger charge is -2.15. The zero-order valence-electron chi connectivity index (χ0n) is 10.7. The summed E-state index contributed by atoms with van der Waals surface area (Å²) in [5.41, 5.74) is 5.45. The Morgan fingerprint density at radius 1 is 1.15 bits per heavy atom. The van der Waals surface area contributed by atoms with Gasteiger partial charge in [-0.15, -0.1) is 0 Å². The first kappa shape index (κ1) is 14.3. The number of halogens is 3. The van der Waals surface area contributed by atoms with E-state index in [2.05, 4.69) is 4.98 Å². The number of aromatic nitrogens is 1. The lowest BCUT2D eigenvalue weighted by Crippen LogP contribution is -2.10. The zero-order chi connectivity index (χ0) is 14.8. The van der Waals surface area contributed by atoms with Crippen molar-refractivity contribution in [2.75, 3.05) is 0 Å². The van der Waals surface area contributed by atoms with E-state index in [1.54, 1.807) is 19.1 Å². The number of rotatable bonds is 3. The van der Waals surface area contributed by atoms with Crippen molar-refractivity contribution in [2.24, 2.45) is 5.73 Å². The molecule has 0 fully saturated rings. The lowest BCUT2D eigenvalue weighted by atomic mass is 10.1. The second-order valence-electron chi connectivity index (χ2n) is 4.28. The van der Waals surface area contributed by atoms with Crippen LogP contribution in [0.25, 0.3) is 0 Å². The molecule has 0 unspecified atom stereocenters. The van der Waals surface area contributed by atoms with Crippen LogP contribution in [0.4, 0.5) is 13.2 Å². The number of alkyl halides is 3. The minimum Gasteiger partial charge on any atom is -0.438 e. The molecule has 2 rings (SSSR count). The van der Waals surface area contributed by atoms with Crippen molar-refractivity contribution in [1.29, 1.82) is 0 Å². The van der Waals surface area contributed by atoms with Crippen LogP contribution in [0.1, 0.15) is 24.1 Å². The van der Waals surface area contributed by atoms with Gasteiger partial charge in [-0.25, -0.2) is 4.98 Å². The maximum Gasteiger partial charge on any atom is 0.419 e. The van der Waals surface area contributed by atoms with Gasteiger partial charge >= 0.3 is 6.18 Å². The highest BCUT2D eigenvalue weighted by molar-refractivity contribution is 5.40. The van der Waals surface area contributed by atoms with Crippen LogP contribution in [-0.4, -0.2) is 4.98 Å². The summed E-state index contributed by atoms with van der Waals surface area (Å²) >= 11 is 0. The van der Waals surface area contributed by atoms with Crippen molar-refractivity contribution in [3.63, 3.8) is 0 Å². The van der Waals surface area contributed by atoms with Crippen LogP contribution in [0.3, 0.4) is 0 Å². The molecule has 1 aromatic carbocycles. The van der Waals surface area contributed by atoms with E-state index in [9.17, 15) is 13.2 Å². The topological polar surface area (TPSA) is 48.1 Å². The molecule has 3 nitrogen and oxygen atoms in total. The van der Waals surface area contributed by atoms with Gasteiger partial charge in [-0.3, -0.25) is 0 Å². The predicted octanol–water partition coefficient (Wildman–Crippen LogP) is 3.91. The van der Waals surface area contributed by atoms with Gasteiger partial charge in [0.05, 0.1) is 5.56 Å². The average Bonchev–Trinajstić information content (AvgIpc) is 2.38. The van der Waals surface area contributed by atoms with Gasteiger partial charge < -0.3 is 10.5 Å². The second-order valence-corrected chi connectivity index (χ2v) is 4.28. The Bertz CT molecular complexity index is 597. The number of para-hydroxylation sites is 1. The average molecular weight is 282 g/mol. The number of pyridine rings is 1. The summed E-state index contributed by atoms with van der Waals surface area (Å²) in [6.07, 6.45) is -3.04. The summed E-state index contributed by atoms with van der Waals surface area (Å²) in [5.74, 6) is -0.209. The minimum atomic E-state index is -4.49. The van der Waals surface area contributed by atoms with Crippen LogP contribution < -0.4 is 10.5 Å². The number of hydrogen-bond acceptors (Lipinski definition) is 3. The molecule has 0 bridgehead atoms. The van der Waals surface area contributed by atoms with Gasteiger partial charge in [0, 0.05) is 17.8 Å². The predicted molar refractivity (Wildman–Crippen MR) is 68.4 cm³/mol. The number of ether oxygens (including phenoxy) is 1. The molecule has 0 aliphatic rings. The maximum atomic E-state index is 12.9. The van der Waals surface area contributed by atoms with Crippen molar-refractivity contribution in [1.82, 2.24) is 4.98 Å². The molecule has 0 aliphatic carbocycles. The molecule has 0 spiro atoms. The third kappa shape index (κ3) is 3.08. The Balaban J connectivity index is 2.41. The summed E-state index contributed by atoms with van der Waals surface area (Å²) in [7, 11) is 0. The second kappa shape index (κ2) is 5.50. The van der Waals surface area contributed by atoms with Crippen molar-refractivity contribution in [3.05, 3.63) is 53.7 Å². The zero-order valence-corrected chi connectivity index (χ0v) is 10.7. The monoisotopic (exact) mass is 282 g/mol. The number of nitrogens with zero attached hydrogens (tertiary/aromatic N) is 1. The number of hydrogen-bond donors (Lipinski definition) is 1. The molecule has 2 N–H and O–H groups in total. The fourth-order valence-electron chi connectivity index (χ4n) is 1.73. The summed E-state index contributed by atoms with van der Waals surface area (Å²) < 4.78 is 44.0. The van der Waals surface area contributed by atoms with Gasteiger partial charge in [-0.2, -0.15) is 13.2 Å². The molecule has 2 aromatic rings. The molecular weight excluding hydrogens is 269 g/mol. The van der Waals surface area contributed by atoms with E-state index in [0.29, 0.717) is 5.56 Å². The van der Waals surface area contributed by atoms with E-state index in [1.165, 1.54) is 24.4 Å². The summed E-state index contributed by atoms with van der Waals surface area (Å²) in [5, 5.41) is 0. The molecule has 0 radical (unpaired) electrons. The first-order valence-electron chi connectivity index (χ1n) is 5.94. The van der Waals surface area contributed by atoms with E-state index >= 15 is 0 Å². The van der Waals surface area contributed by atoms with Crippen LogP contribution >= 0.6 is 0 Å². The Kier molecular flexibility index (Phi) is 3.94. The van der Waals surface area contributed by atoms with Gasteiger partial charge in [0.1, 0.15) is 5.75 Å². The summed E-state index contributed by atoms with van der Waals surface area (Å²) in [4.78, 5) is 3.95. The molecule has 0 amide bonds. The van der Waals surface area contributed by atoms with Crippen molar-refractivity contribution in [3.8, 4) is 11.6 Å². The van der Waals surface area contributed by atoms with Crippen molar-refractivity contribution >= 4 is 0 Å². The fourth-order valence-corrected chi connectivity index (χ4v) is 1.73. The molecule has 0 aliphatic heterocycles. The molecule has 6 heteroatoms. The smallest absolute Gasteiger partial charge is 0.419 e. The molecule has 0 saturated heterocycles. The quantitative estimate of drug-likeness (QED) is 0.928. The molecule has 0 saturated carbocycles. The molecule has 20 heavy (non-hydrogen) atoms. The largest absolute Gasteiger partial charge is 0.438 e. The maximum absolute atomic E-state index is 12.9.